The van der Waals surface area contributed by atoms with Crippen LogP contribution in [0.5, 0.6) is 0 Å². The quantitative estimate of drug-likeness (QED) is 0.540. The monoisotopic (exact) mass is 262 g/mol. The van der Waals surface area contributed by atoms with E-state index in [-0.39, 0.29) is 41.4 Å². The minimum absolute atomic E-state index is 0. The maximum Gasteiger partial charge on any atom is 1.00 e. The Morgan fingerprint density at radius 2 is 2.28 bits per heavy atom. The van der Waals surface area contributed by atoms with Crippen molar-refractivity contribution in [3.63, 3.8) is 0 Å². The summed E-state index contributed by atoms with van der Waals surface area (Å²) in [4.78, 5) is 16.3. The third-order valence-electron chi connectivity index (χ3n) is 2.82. The molecule has 1 aliphatic heterocycles. The Bertz CT molecular complexity index is 388. The maximum absolute atomic E-state index is 10.6. The Hall–Kier alpha value is -0.560. The molecule has 1 aromatic rings. The smallest absolute Gasteiger partial charge is 0.543 e. The number of hydrogen-bond donors (Lipinski definition) is 0. The number of hydrogen-bond acceptors (Lipinski definition) is 6. The SMILES string of the molecule is CCOC1CCN(c2nc(C(=O)[O-])co2)CC1.[Na+]. The number of oxazole rings is 1. The van der Waals surface area contributed by atoms with Crippen LogP contribution in [0.25, 0.3) is 0 Å². The average Bonchev–Trinajstić information content (AvgIpc) is 2.80. The molecule has 6 nitrogen and oxygen atoms in total. The van der Waals surface area contributed by atoms with Gasteiger partial charge in [-0.3, -0.25) is 0 Å². The van der Waals surface area contributed by atoms with Crippen LogP contribution >= 0.6 is 0 Å². The van der Waals surface area contributed by atoms with E-state index in [1.807, 2.05) is 11.8 Å². The molecule has 0 N–H and O–H groups in total. The summed E-state index contributed by atoms with van der Waals surface area (Å²) in [6, 6.07) is 0.346. The molecule has 0 aliphatic carbocycles. The zero-order valence-electron chi connectivity index (χ0n) is 10.7. The molecule has 7 heteroatoms. The molecule has 0 spiro atoms. The summed E-state index contributed by atoms with van der Waals surface area (Å²) >= 11 is 0. The first kappa shape index (κ1) is 15.5. The fourth-order valence-corrected chi connectivity index (χ4v) is 1.95. The molecule has 0 amide bonds. The van der Waals surface area contributed by atoms with E-state index in [4.69, 9.17) is 9.15 Å². The number of nitrogens with zero attached hydrogens (tertiary/aromatic N) is 2. The molecule has 0 bridgehead atoms. The van der Waals surface area contributed by atoms with E-state index in [2.05, 4.69) is 4.98 Å². The van der Waals surface area contributed by atoms with Gasteiger partial charge in [-0.05, 0) is 19.8 Å². The first-order valence-electron chi connectivity index (χ1n) is 5.74. The standard InChI is InChI=1S/C11H16N2O4.Na/c1-2-16-8-3-5-13(6-4-8)11-12-9(7-17-11)10(14)15;/h7-8H,2-6H2,1H3,(H,14,15);/q;+1/p-1. The predicted molar refractivity (Wildman–Crippen MR) is 57.7 cm³/mol. The van der Waals surface area contributed by atoms with Gasteiger partial charge < -0.3 is 24.0 Å². The van der Waals surface area contributed by atoms with Gasteiger partial charge in [-0.2, -0.15) is 4.98 Å². The van der Waals surface area contributed by atoms with E-state index >= 15 is 0 Å². The molecule has 1 aliphatic rings. The van der Waals surface area contributed by atoms with Crippen molar-refractivity contribution in [2.45, 2.75) is 25.9 Å². The molecular formula is C11H15N2NaO4. The van der Waals surface area contributed by atoms with Crippen molar-refractivity contribution in [1.29, 1.82) is 0 Å². The number of aromatic carboxylic acids is 1. The van der Waals surface area contributed by atoms with Crippen LogP contribution < -0.4 is 39.6 Å². The number of carbonyl (C=O) groups excluding carboxylic acids is 1. The van der Waals surface area contributed by atoms with Crippen molar-refractivity contribution in [1.82, 2.24) is 4.98 Å². The summed E-state index contributed by atoms with van der Waals surface area (Å²) in [5, 5.41) is 10.6. The molecule has 1 saturated heterocycles. The molecule has 1 fully saturated rings. The number of piperidine rings is 1. The van der Waals surface area contributed by atoms with Crippen molar-refractivity contribution in [2.75, 3.05) is 24.6 Å². The normalized spacial score (nSPS) is 16.4. The van der Waals surface area contributed by atoms with E-state index in [0.717, 1.165) is 38.8 Å². The number of rotatable bonds is 4. The van der Waals surface area contributed by atoms with Gasteiger partial charge in [-0.25, -0.2) is 0 Å². The Morgan fingerprint density at radius 3 is 2.78 bits per heavy atom. The number of aromatic nitrogens is 1. The van der Waals surface area contributed by atoms with Gasteiger partial charge in [0.05, 0.1) is 12.1 Å². The molecular weight excluding hydrogens is 247 g/mol. The van der Waals surface area contributed by atoms with Crippen LogP contribution in [0.1, 0.15) is 30.3 Å². The second-order valence-corrected chi connectivity index (χ2v) is 3.94. The molecule has 0 unspecified atom stereocenters. The van der Waals surface area contributed by atoms with Crippen molar-refractivity contribution in [3.8, 4) is 0 Å². The maximum atomic E-state index is 10.6. The van der Waals surface area contributed by atoms with Crippen LogP contribution in [0, 0.1) is 0 Å². The molecule has 2 heterocycles. The van der Waals surface area contributed by atoms with Crippen molar-refractivity contribution < 1.29 is 48.6 Å². The van der Waals surface area contributed by atoms with Crippen molar-refractivity contribution in [3.05, 3.63) is 12.0 Å². The first-order chi connectivity index (χ1) is 8.20. The van der Waals surface area contributed by atoms with Gasteiger partial charge in [0.1, 0.15) is 12.0 Å². The summed E-state index contributed by atoms with van der Waals surface area (Å²) in [6.07, 6.45) is 3.19. The van der Waals surface area contributed by atoms with Crippen molar-refractivity contribution in [2.24, 2.45) is 0 Å². The van der Waals surface area contributed by atoms with Crippen LogP contribution in [-0.4, -0.2) is 36.8 Å². The Balaban J connectivity index is 0.00000162. The van der Waals surface area contributed by atoms with E-state index in [0.29, 0.717) is 6.01 Å². The molecule has 18 heavy (non-hydrogen) atoms. The van der Waals surface area contributed by atoms with Gasteiger partial charge >= 0.3 is 29.6 Å². The van der Waals surface area contributed by atoms with Gasteiger partial charge in [0.2, 0.25) is 0 Å². The molecule has 0 atom stereocenters. The fraction of sp³-hybridized carbons (Fsp3) is 0.636. The summed E-state index contributed by atoms with van der Waals surface area (Å²) in [6.45, 7) is 4.22. The topological polar surface area (TPSA) is 78.6 Å². The van der Waals surface area contributed by atoms with E-state index in [9.17, 15) is 9.90 Å². The van der Waals surface area contributed by atoms with E-state index in [1.54, 1.807) is 0 Å². The summed E-state index contributed by atoms with van der Waals surface area (Å²) in [5.41, 5.74) is -0.160. The van der Waals surface area contributed by atoms with Crippen LogP contribution in [0.15, 0.2) is 10.7 Å². The first-order valence-corrected chi connectivity index (χ1v) is 5.74. The van der Waals surface area contributed by atoms with Crippen molar-refractivity contribution >= 4 is 12.0 Å². The predicted octanol–water partition coefficient (Wildman–Crippen LogP) is -2.95. The molecule has 0 aromatic carbocycles. The Labute approximate surface area is 128 Å². The van der Waals surface area contributed by atoms with Crippen LogP contribution in [0.4, 0.5) is 6.01 Å². The summed E-state index contributed by atoms with van der Waals surface area (Å²) < 4.78 is 10.6. The Morgan fingerprint density at radius 1 is 1.61 bits per heavy atom. The average molecular weight is 262 g/mol. The van der Waals surface area contributed by atoms with Gasteiger partial charge in [-0.15, -0.1) is 0 Å². The Kier molecular flexibility index (Phi) is 6.14. The number of ether oxygens (including phenoxy) is 1. The number of carboxylic acid groups (broad SMARTS) is 1. The van der Waals surface area contributed by atoms with Crippen LogP contribution in [0.3, 0.4) is 0 Å². The second kappa shape index (κ2) is 7.13. The molecule has 0 radical (unpaired) electrons. The minimum atomic E-state index is -1.32. The van der Waals surface area contributed by atoms with E-state index in [1.165, 1.54) is 0 Å². The van der Waals surface area contributed by atoms with Gasteiger partial charge in [-0.1, -0.05) is 0 Å². The molecule has 1 aromatic heterocycles. The largest absolute Gasteiger partial charge is 1.00 e. The third-order valence-corrected chi connectivity index (χ3v) is 2.82. The molecule has 2 rings (SSSR count). The number of carboxylic acids is 1. The number of carbonyl (C=O) groups is 1. The minimum Gasteiger partial charge on any atom is -0.543 e. The van der Waals surface area contributed by atoms with Crippen LogP contribution in [0.2, 0.25) is 0 Å². The molecule has 94 valence electrons. The van der Waals surface area contributed by atoms with Gasteiger partial charge in [0.15, 0.2) is 0 Å². The third kappa shape index (κ3) is 3.71. The van der Waals surface area contributed by atoms with E-state index < -0.39 is 5.97 Å². The summed E-state index contributed by atoms with van der Waals surface area (Å²) in [5.74, 6) is -1.32. The number of anilines is 1. The van der Waals surface area contributed by atoms with Crippen LogP contribution in [-0.2, 0) is 4.74 Å². The zero-order valence-corrected chi connectivity index (χ0v) is 12.7. The van der Waals surface area contributed by atoms with Gasteiger partial charge in [0.25, 0.3) is 6.01 Å². The summed E-state index contributed by atoms with van der Waals surface area (Å²) in [7, 11) is 0. The molecule has 0 saturated carbocycles. The zero-order chi connectivity index (χ0) is 12.3. The van der Waals surface area contributed by atoms with Gasteiger partial charge in [0, 0.05) is 19.7 Å². The second-order valence-electron chi connectivity index (χ2n) is 3.94. The fourth-order valence-electron chi connectivity index (χ4n) is 1.95.